The molecule has 1 aromatic rings. The zero-order valence-electron chi connectivity index (χ0n) is 7.97. The number of hydrogen-bond donors (Lipinski definition) is 2. The second-order valence-electron chi connectivity index (χ2n) is 3.01. The highest BCUT2D eigenvalue weighted by Gasteiger charge is 1.98. The molecule has 2 N–H and O–H groups in total. The van der Waals surface area contributed by atoms with Crippen LogP contribution < -0.4 is 5.32 Å². The van der Waals surface area contributed by atoms with Gasteiger partial charge in [-0.2, -0.15) is 0 Å². The molecule has 0 saturated carbocycles. The molecule has 0 spiro atoms. The largest absolute Gasteiger partial charge is 0.465 e. The van der Waals surface area contributed by atoms with Crippen molar-refractivity contribution < 1.29 is 9.90 Å². The molecule has 3 heteroatoms. The maximum atomic E-state index is 10.3. The van der Waals surface area contributed by atoms with Crippen LogP contribution in [0.1, 0.15) is 12.5 Å². The molecular weight excluding hydrogens is 178 g/mol. The van der Waals surface area contributed by atoms with E-state index in [9.17, 15) is 4.79 Å². The van der Waals surface area contributed by atoms with Crippen molar-refractivity contribution in [3.63, 3.8) is 0 Å². The van der Waals surface area contributed by atoms with Crippen LogP contribution in [0.2, 0.25) is 0 Å². The van der Waals surface area contributed by atoms with Crippen LogP contribution in [0.5, 0.6) is 0 Å². The third-order valence-electron chi connectivity index (χ3n) is 1.73. The van der Waals surface area contributed by atoms with Gasteiger partial charge in [0, 0.05) is 6.04 Å². The zero-order chi connectivity index (χ0) is 10.4. The second kappa shape index (κ2) is 5.07. The van der Waals surface area contributed by atoms with E-state index in [1.807, 2.05) is 42.5 Å². The fraction of sp³-hybridized carbons (Fsp3) is 0.182. The summed E-state index contributed by atoms with van der Waals surface area (Å²) in [5.41, 5.74) is 1.06. The standard InChI is InChI=1S/C11H13NO2/c1-9(12-11(13)14)7-8-10-5-3-2-4-6-10/h2-9,12H,1H3,(H,13,14)/t9-/m0/s1. The van der Waals surface area contributed by atoms with E-state index in [2.05, 4.69) is 5.32 Å². The van der Waals surface area contributed by atoms with Gasteiger partial charge in [0.25, 0.3) is 0 Å². The van der Waals surface area contributed by atoms with E-state index in [1.165, 1.54) is 0 Å². The first-order valence-electron chi connectivity index (χ1n) is 4.41. The molecule has 1 atom stereocenters. The molecule has 14 heavy (non-hydrogen) atoms. The summed E-state index contributed by atoms with van der Waals surface area (Å²) in [7, 11) is 0. The van der Waals surface area contributed by atoms with Gasteiger partial charge in [0.1, 0.15) is 0 Å². The van der Waals surface area contributed by atoms with Crippen LogP contribution in [0.4, 0.5) is 4.79 Å². The van der Waals surface area contributed by atoms with Crippen LogP contribution in [0, 0.1) is 0 Å². The Hall–Kier alpha value is -1.77. The molecule has 0 bridgehead atoms. The molecule has 0 fully saturated rings. The minimum atomic E-state index is -1.00. The average molecular weight is 191 g/mol. The van der Waals surface area contributed by atoms with E-state index < -0.39 is 6.09 Å². The third kappa shape index (κ3) is 3.76. The van der Waals surface area contributed by atoms with Crippen molar-refractivity contribution in [3.8, 4) is 0 Å². The van der Waals surface area contributed by atoms with Crippen LogP contribution >= 0.6 is 0 Å². The lowest BCUT2D eigenvalue weighted by atomic mass is 10.2. The normalized spacial score (nSPS) is 12.6. The van der Waals surface area contributed by atoms with E-state index in [0.29, 0.717) is 0 Å². The zero-order valence-corrected chi connectivity index (χ0v) is 7.97. The van der Waals surface area contributed by atoms with Crippen molar-refractivity contribution in [1.29, 1.82) is 0 Å². The van der Waals surface area contributed by atoms with Crippen LogP contribution in [-0.2, 0) is 0 Å². The fourth-order valence-electron chi connectivity index (χ4n) is 1.06. The smallest absolute Gasteiger partial charge is 0.405 e. The first kappa shape index (κ1) is 10.3. The number of carboxylic acid groups (broad SMARTS) is 1. The summed E-state index contributed by atoms with van der Waals surface area (Å²) < 4.78 is 0. The van der Waals surface area contributed by atoms with Gasteiger partial charge in [0.15, 0.2) is 0 Å². The Morgan fingerprint density at radius 3 is 2.64 bits per heavy atom. The molecule has 0 aliphatic rings. The van der Waals surface area contributed by atoms with E-state index in [4.69, 9.17) is 5.11 Å². The Morgan fingerprint density at radius 1 is 1.43 bits per heavy atom. The lowest BCUT2D eigenvalue weighted by molar-refractivity contribution is 0.193. The van der Waals surface area contributed by atoms with Gasteiger partial charge in [-0.25, -0.2) is 4.79 Å². The summed E-state index contributed by atoms with van der Waals surface area (Å²) in [6.07, 6.45) is 2.69. The maximum Gasteiger partial charge on any atom is 0.405 e. The predicted molar refractivity (Wildman–Crippen MR) is 56.1 cm³/mol. The van der Waals surface area contributed by atoms with Crippen LogP contribution in [0.25, 0.3) is 6.08 Å². The Balaban J connectivity index is 2.52. The summed E-state index contributed by atoms with van der Waals surface area (Å²) in [5, 5.41) is 10.8. The van der Waals surface area contributed by atoms with Crippen molar-refractivity contribution in [2.45, 2.75) is 13.0 Å². The topological polar surface area (TPSA) is 49.3 Å². The lowest BCUT2D eigenvalue weighted by Gasteiger charge is -2.04. The highest BCUT2D eigenvalue weighted by atomic mass is 16.4. The maximum absolute atomic E-state index is 10.3. The number of hydrogen-bond acceptors (Lipinski definition) is 1. The molecule has 74 valence electrons. The minimum Gasteiger partial charge on any atom is -0.465 e. The monoisotopic (exact) mass is 191 g/mol. The molecule has 1 rings (SSSR count). The van der Waals surface area contributed by atoms with Crippen molar-refractivity contribution in [1.82, 2.24) is 5.32 Å². The molecule has 3 nitrogen and oxygen atoms in total. The van der Waals surface area contributed by atoms with Crippen molar-refractivity contribution in [2.24, 2.45) is 0 Å². The van der Waals surface area contributed by atoms with E-state index in [0.717, 1.165) is 5.56 Å². The molecule has 1 amide bonds. The van der Waals surface area contributed by atoms with Gasteiger partial charge in [-0.1, -0.05) is 42.5 Å². The Labute approximate surface area is 83.1 Å². The van der Waals surface area contributed by atoms with Gasteiger partial charge in [-0.15, -0.1) is 0 Å². The first-order chi connectivity index (χ1) is 6.68. The van der Waals surface area contributed by atoms with Gasteiger partial charge < -0.3 is 10.4 Å². The van der Waals surface area contributed by atoms with Gasteiger partial charge in [0.05, 0.1) is 0 Å². The summed E-state index contributed by atoms with van der Waals surface area (Å²) in [6.45, 7) is 1.79. The average Bonchev–Trinajstić information content (AvgIpc) is 2.15. The number of carbonyl (C=O) groups is 1. The summed E-state index contributed by atoms with van der Waals surface area (Å²) in [6, 6.07) is 9.57. The summed E-state index contributed by atoms with van der Waals surface area (Å²) >= 11 is 0. The van der Waals surface area contributed by atoms with Gasteiger partial charge in [-0.3, -0.25) is 0 Å². The molecule has 0 aliphatic heterocycles. The van der Waals surface area contributed by atoms with E-state index in [1.54, 1.807) is 6.92 Å². The number of amides is 1. The predicted octanol–water partition coefficient (Wildman–Crippen LogP) is 2.36. The molecule has 0 aliphatic carbocycles. The Morgan fingerprint density at radius 2 is 2.07 bits per heavy atom. The van der Waals surface area contributed by atoms with Crippen LogP contribution in [0.3, 0.4) is 0 Å². The fourth-order valence-corrected chi connectivity index (χ4v) is 1.06. The molecular formula is C11H13NO2. The van der Waals surface area contributed by atoms with E-state index in [-0.39, 0.29) is 6.04 Å². The Kier molecular flexibility index (Phi) is 3.73. The van der Waals surface area contributed by atoms with Crippen molar-refractivity contribution in [2.75, 3.05) is 0 Å². The molecule has 0 saturated heterocycles. The highest BCUT2D eigenvalue weighted by molar-refractivity contribution is 5.65. The van der Waals surface area contributed by atoms with Gasteiger partial charge in [-0.05, 0) is 12.5 Å². The lowest BCUT2D eigenvalue weighted by Crippen LogP contribution is -2.29. The van der Waals surface area contributed by atoms with E-state index >= 15 is 0 Å². The molecule has 0 heterocycles. The summed E-state index contributed by atoms with van der Waals surface area (Å²) in [5.74, 6) is 0. The number of benzene rings is 1. The number of nitrogens with one attached hydrogen (secondary N) is 1. The SMILES string of the molecule is C[C@@H](C=Cc1ccccc1)NC(=O)O. The van der Waals surface area contributed by atoms with Crippen LogP contribution in [-0.4, -0.2) is 17.2 Å². The third-order valence-corrected chi connectivity index (χ3v) is 1.73. The Bertz CT molecular complexity index is 319. The van der Waals surface area contributed by atoms with Gasteiger partial charge in [0.2, 0.25) is 0 Å². The quantitative estimate of drug-likeness (QED) is 0.770. The highest BCUT2D eigenvalue weighted by Crippen LogP contribution is 2.01. The molecule has 0 aromatic heterocycles. The van der Waals surface area contributed by atoms with Crippen LogP contribution in [0.15, 0.2) is 36.4 Å². The summed E-state index contributed by atoms with van der Waals surface area (Å²) in [4.78, 5) is 10.3. The number of rotatable bonds is 3. The molecule has 1 aromatic carbocycles. The second-order valence-corrected chi connectivity index (χ2v) is 3.01. The minimum absolute atomic E-state index is 0.173. The first-order valence-corrected chi connectivity index (χ1v) is 4.41. The molecule has 0 radical (unpaired) electrons. The van der Waals surface area contributed by atoms with Gasteiger partial charge >= 0.3 is 6.09 Å². The van der Waals surface area contributed by atoms with Crippen molar-refractivity contribution in [3.05, 3.63) is 42.0 Å². The molecule has 0 unspecified atom stereocenters. The van der Waals surface area contributed by atoms with Crippen molar-refractivity contribution >= 4 is 12.2 Å².